The number of rotatable bonds is 42. The molecule has 2 aliphatic rings. The minimum atomic E-state index is -2.64. The van der Waals surface area contributed by atoms with Gasteiger partial charge in [0.15, 0.2) is 0 Å². The first kappa shape index (κ1) is 74.2. The summed E-state index contributed by atoms with van der Waals surface area (Å²) in [7, 11) is 0. The minimum Gasteiger partial charge on any atom is -0.268 e. The molecule has 0 spiro atoms. The van der Waals surface area contributed by atoms with Gasteiger partial charge in [-0.05, 0) is 93.5 Å². The quantitative estimate of drug-likeness (QED) is 0.0126. The second-order valence-corrected chi connectivity index (χ2v) is 48.0. The summed E-state index contributed by atoms with van der Waals surface area (Å²) >= 11 is 5.39. The van der Waals surface area contributed by atoms with Crippen molar-refractivity contribution in [2.45, 2.75) is 273 Å². The zero-order valence-electron chi connectivity index (χ0n) is 61.4. The molecular weight excluding hydrogens is 1410 g/mol. The van der Waals surface area contributed by atoms with Crippen LogP contribution in [0.2, 0.25) is 13.3 Å². The average molecular weight is 1520 g/mol. The summed E-state index contributed by atoms with van der Waals surface area (Å²) in [6.45, 7) is 16.3. The maximum Gasteiger partial charge on any atom is 0.265 e. The predicted octanol–water partition coefficient (Wildman–Crippen LogP) is 28.0. The van der Waals surface area contributed by atoms with E-state index >= 15 is 19.2 Å². The fourth-order valence-corrected chi connectivity index (χ4v) is 40.7. The number of amides is 4. The van der Waals surface area contributed by atoms with E-state index in [0.717, 1.165) is 89.2 Å². The van der Waals surface area contributed by atoms with Crippen molar-refractivity contribution in [1.82, 2.24) is 4.90 Å². The monoisotopic (exact) mass is 1520 g/mol. The average Bonchev–Trinajstić information content (AvgIpc) is 0.880. The van der Waals surface area contributed by atoms with Gasteiger partial charge in [-0.3, -0.25) is 24.1 Å². The van der Waals surface area contributed by atoms with Crippen molar-refractivity contribution < 1.29 is 19.2 Å². The Hall–Kier alpha value is -5.50. The van der Waals surface area contributed by atoms with Crippen molar-refractivity contribution in [1.29, 1.82) is 0 Å². The number of hydrogen-bond donors (Lipinski definition) is 0. The summed E-state index contributed by atoms with van der Waals surface area (Å²) in [4.78, 5) is 72.7. The van der Waals surface area contributed by atoms with Crippen LogP contribution in [0, 0.1) is 0 Å². The van der Waals surface area contributed by atoms with Gasteiger partial charge in [-0.25, -0.2) is 4.90 Å². The number of anilines is 1. The van der Waals surface area contributed by atoms with Crippen molar-refractivity contribution in [3.8, 4) is 39.7 Å². The number of nitrogens with zero attached hydrogens (tertiary/aromatic N) is 2. The van der Waals surface area contributed by atoms with Gasteiger partial charge in [0, 0.05) is 39.1 Å². The normalized spacial score (nSPS) is 13.5. The molecule has 6 heterocycles. The molecule has 0 unspecified atom stereocenters. The number of carbonyl (C=O) groups excluding carboxylic acids is 4. The van der Waals surface area contributed by atoms with Crippen LogP contribution >= 0.6 is 45.3 Å². The van der Waals surface area contributed by atoms with Gasteiger partial charge in [0.05, 0.1) is 5.69 Å². The largest absolute Gasteiger partial charge is 0.268 e. The van der Waals surface area contributed by atoms with Gasteiger partial charge < -0.3 is 0 Å². The van der Waals surface area contributed by atoms with Crippen LogP contribution in [0.15, 0.2) is 109 Å². The van der Waals surface area contributed by atoms with E-state index in [1.54, 1.807) is 15.3 Å². The molecule has 0 atom stereocenters. The molecule has 2 aliphatic heterocycles. The molecule has 6 nitrogen and oxygen atoms in total. The van der Waals surface area contributed by atoms with Crippen molar-refractivity contribution in [3.05, 3.63) is 143 Å². The third kappa shape index (κ3) is 15.8. The fourth-order valence-electron chi connectivity index (χ4n) is 16.7. The molecule has 0 saturated carbocycles. The molecule has 0 aliphatic carbocycles. The van der Waals surface area contributed by atoms with E-state index in [2.05, 4.69) is 108 Å². The second kappa shape index (κ2) is 35.3. The Labute approximate surface area is 618 Å². The summed E-state index contributed by atoms with van der Waals surface area (Å²) in [5.74, 6) is -1.07. The molecule has 4 aromatic heterocycles. The van der Waals surface area contributed by atoms with Gasteiger partial charge in [0.25, 0.3) is 23.6 Å². The molecule has 528 valence electrons. The van der Waals surface area contributed by atoms with E-state index in [-0.39, 0.29) is 29.7 Å². The second-order valence-electron chi connectivity index (χ2n) is 29.6. The molecule has 6 aromatic carbocycles. The standard InChI is InChI=1S/C77H83N2O4S4.3C4H9.Sn/c1-5-9-13-17-19-21-25-29-53(30-26-22-20-18-14-10-6-2)78-74(80)59-39-35-55-57-37-41-61-71-62(42-38-58(69(57)71)56-36-40-60(75(78)81)70(59)68(55)56)77(83)79(76(61)82)54-33-31-50(32-34-54)67-49-52(28-24-16-12-8-4)73(87-67)66-46-44-64(86-66)63-43-45-65(85-63)72-51(47-48-84-72)27-23-15-11-7-3;3*1-3-4-2;/h31-47,49,53H,5-30H2,1-4H3;3*1,3-4H2,2H3;. The number of benzene rings is 6. The molecule has 100 heavy (non-hydrogen) atoms. The third-order valence-electron chi connectivity index (χ3n) is 22.4. The van der Waals surface area contributed by atoms with Gasteiger partial charge >= 0.3 is 266 Å². The summed E-state index contributed by atoms with van der Waals surface area (Å²) in [6.07, 6.45) is 38.5. The van der Waals surface area contributed by atoms with Crippen LogP contribution in [0.5, 0.6) is 0 Å². The van der Waals surface area contributed by atoms with Crippen molar-refractivity contribution in [3.63, 3.8) is 0 Å². The predicted molar refractivity (Wildman–Crippen MR) is 438 cm³/mol. The third-order valence-corrected chi connectivity index (χ3v) is 45.7. The number of hydrogen-bond acceptors (Lipinski definition) is 8. The van der Waals surface area contributed by atoms with Gasteiger partial charge in [-0.1, -0.05) is 166 Å². The van der Waals surface area contributed by atoms with E-state index < -0.39 is 18.4 Å². The summed E-state index contributed by atoms with van der Waals surface area (Å²) in [5, 5.41) is 6.75. The number of imide groups is 2. The maximum atomic E-state index is 15.1. The molecule has 0 N–H and O–H groups in total. The smallest absolute Gasteiger partial charge is 0.265 e. The van der Waals surface area contributed by atoms with Crippen molar-refractivity contribution in [2.75, 3.05) is 4.90 Å². The number of carbonyl (C=O) groups is 4. The van der Waals surface area contributed by atoms with E-state index in [1.165, 1.54) is 207 Å². The van der Waals surface area contributed by atoms with E-state index in [0.29, 0.717) is 38.7 Å². The zero-order valence-corrected chi connectivity index (χ0v) is 67.5. The molecule has 0 fully saturated rings. The fraction of sp³-hybridized carbons (Fsp3) is 0.483. The maximum absolute atomic E-state index is 15.1. The first-order chi connectivity index (χ1) is 49.0. The van der Waals surface area contributed by atoms with Crippen molar-refractivity contribution in [2.24, 2.45) is 0 Å². The van der Waals surface area contributed by atoms with Gasteiger partial charge in [0.1, 0.15) is 0 Å². The van der Waals surface area contributed by atoms with Crippen LogP contribution in [-0.4, -0.2) is 52.9 Å². The SMILES string of the molecule is CCCCCCCCCC(CCCCCCCCC)N1C(=O)c2ccc3c4ccc5c6c(ccc(c7ccc(c2c37)C1=O)c64)C(=O)N(c1ccc(-c2cc(CCCCCC)c(-c3ccc(-c4ccc(-c6s[c]([Sn]([CH2]CCC)([CH2]CCC)[CH2]CCC)cc6CCCCCC)s4)s3)s2)cc1)C5=O. The summed E-state index contributed by atoms with van der Waals surface area (Å²) in [6, 6.07) is 38.5. The number of thiophene rings is 4. The van der Waals surface area contributed by atoms with Crippen LogP contribution in [-0.2, 0) is 12.8 Å². The van der Waals surface area contributed by atoms with Crippen LogP contribution in [0.4, 0.5) is 5.69 Å². The Morgan fingerprint density at radius 2 is 0.700 bits per heavy atom. The van der Waals surface area contributed by atoms with Crippen LogP contribution in [0.25, 0.3) is 82.8 Å². The molecule has 10 aromatic rings. The van der Waals surface area contributed by atoms with Crippen LogP contribution in [0.1, 0.15) is 294 Å². The van der Waals surface area contributed by atoms with Crippen LogP contribution < -0.4 is 7.79 Å². The first-order valence-electron chi connectivity index (χ1n) is 39.5. The van der Waals surface area contributed by atoms with Gasteiger partial charge in [-0.15, -0.1) is 0 Å². The Kier molecular flexibility index (Phi) is 26.2. The molecule has 4 amide bonds. The Bertz CT molecular complexity index is 4270. The molecule has 0 bridgehead atoms. The first-order valence-corrected chi connectivity index (χ1v) is 50.3. The van der Waals surface area contributed by atoms with Gasteiger partial charge in [-0.2, -0.15) is 0 Å². The topological polar surface area (TPSA) is 74.8 Å². The molecular formula is C89H110N2O4S4Sn. The van der Waals surface area contributed by atoms with Crippen LogP contribution in [0.3, 0.4) is 0 Å². The Morgan fingerprint density at radius 3 is 1.13 bits per heavy atom. The molecule has 0 radical (unpaired) electrons. The molecule has 11 heteroatoms. The van der Waals surface area contributed by atoms with E-state index in [1.807, 2.05) is 97.6 Å². The summed E-state index contributed by atoms with van der Waals surface area (Å²) < 4.78 is 6.39. The van der Waals surface area contributed by atoms with Crippen molar-refractivity contribution >= 4 is 139 Å². The Morgan fingerprint density at radius 1 is 0.330 bits per heavy atom. The van der Waals surface area contributed by atoms with Gasteiger partial charge in [0.2, 0.25) is 0 Å². The molecule has 0 saturated heterocycles. The zero-order chi connectivity index (χ0) is 69.7. The number of unbranched alkanes of at least 4 members (excludes halogenated alkanes) is 21. The minimum absolute atomic E-state index is 0.144. The Balaban J connectivity index is 0.802. The number of fused-ring (bicyclic) bond motifs is 2. The molecule has 12 rings (SSSR count). The summed E-state index contributed by atoms with van der Waals surface area (Å²) in [5.41, 5.74) is 6.77. The number of aryl methyl sites for hydroxylation is 2. The van der Waals surface area contributed by atoms with E-state index in [9.17, 15) is 0 Å². The van der Waals surface area contributed by atoms with E-state index in [4.69, 9.17) is 0 Å².